The number of benzene rings is 2. The van der Waals surface area contributed by atoms with Crippen molar-refractivity contribution >= 4 is 11.6 Å². The lowest BCUT2D eigenvalue weighted by molar-refractivity contribution is -0.119. The molecule has 116 valence electrons. The molecule has 0 aromatic heterocycles. The van der Waals surface area contributed by atoms with Crippen molar-refractivity contribution in [3.8, 4) is 0 Å². The van der Waals surface area contributed by atoms with Crippen LogP contribution >= 0.6 is 0 Å². The Hall–Kier alpha value is -2.40. The normalized spacial score (nSPS) is 11.9. The van der Waals surface area contributed by atoms with Crippen molar-refractivity contribution in [2.45, 2.75) is 26.1 Å². The highest BCUT2D eigenvalue weighted by molar-refractivity contribution is 5.79. The molecule has 0 aliphatic heterocycles. The maximum absolute atomic E-state index is 13.1. The molecule has 0 saturated heterocycles. The van der Waals surface area contributed by atoms with Gasteiger partial charge in [-0.2, -0.15) is 0 Å². The first-order chi connectivity index (χ1) is 10.5. The van der Waals surface area contributed by atoms with Gasteiger partial charge in [0.1, 0.15) is 5.82 Å². The van der Waals surface area contributed by atoms with Gasteiger partial charge in [0.05, 0.1) is 6.04 Å². The Balaban J connectivity index is 1.85. The molecule has 0 bridgehead atoms. The van der Waals surface area contributed by atoms with Gasteiger partial charge in [0.2, 0.25) is 5.91 Å². The van der Waals surface area contributed by atoms with Gasteiger partial charge >= 0.3 is 0 Å². The molecule has 2 aromatic carbocycles. The van der Waals surface area contributed by atoms with Gasteiger partial charge in [0, 0.05) is 18.8 Å². The van der Waals surface area contributed by atoms with Crippen LogP contribution in [0, 0.1) is 5.82 Å². The number of carbonyl (C=O) groups is 1. The maximum atomic E-state index is 13.1. The van der Waals surface area contributed by atoms with Crippen LogP contribution in [0.3, 0.4) is 0 Å². The Morgan fingerprint density at radius 2 is 1.86 bits per heavy atom. The molecule has 1 unspecified atom stereocenters. The highest BCUT2D eigenvalue weighted by Crippen LogP contribution is 2.12. The molecule has 0 heterocycles. The highest BCUT2D eigenvalue weighted by atomic mass is 19.1. The van der Waals surface area contributed by atoms with Gasteiger partial charge in [-0.05, 0) is 42.3 Å². The molecular weight excluding hydrogens is 281 g/mol. The number of rotatable bonds is 7. The zero-order valence-corrected chi connectivity index (χ0v) is 12.5. The topological polar surface area (TPSA) is 67.2 Å². The van der Waals surface area contributed by atoms with Gasteiger partial charge in [-0.15, -0.1) is 0 Å². The molecule has 0 aliphatic carbocycles. The number of amides is 1. The van der Waals surface area contributed by atoms with Crippen LogP contribution < -0.4 is 16.4 Å². The number of halogens is 1. The smallest absolute Gasteiger partial charge is 0.234 e. The third-order valence-corrected chi connectivity index (χ3v) is 3.38. The van der Waals surface area contributed by atoms with E-state index < -0.39 is 0 Å². The number of anilines is 1. The fourth-order valence-electron chi connectivity index (χ4n) is 1.96. The van der Waals surface area contributed by atoms with E-state index in [-0.39, 0.29) is 17.8 Å². The molecule has 2 rings (SSSR count). The second-order valence-corrected chi connectivity index (χ2v) is 5.19. The molecule has 0 radical (unpaired) electrons. The summed E-state index contributed by atoms with van der Waals surface area (Å²) in [5.74, 6) is -0.599. The monoisotopic (exact) mass is 301 g/mol. The van der Waals surface area contributed by atoms with Crippen molar-refractivity contribution in [2.24, 2.45) is 5.73 Å². The van der Waals surface area contributed by atoms with E-state index in [0.29, 0.717) is 13.1 Å². The van der Waals surface area contributed by atoms with Gasteiger partial charge in [-0.3, -0.25) is 4.79 Å². The van der Waals surface area contributed by atoms with Gasteiger partial charge in [-0.1, -0.05) is 24.3 Å². The number of primary amides is 1. The van der Waals surface area contributed by atoms with E-state index in [1.165, 1.54) is 12.1 Å². The van der Waals surface area contributed by atoms with E-state index in [1.54, 1.807) is 13.0 Å². The Morgan fingerprint density at radius 3 is 2.50 bits per heavy atom. The van der Waals surface area contributed by atoms with Crippen LogP contribution in [0.15, 0.2) is 48.5 Å². The minimum atomic E-state index is -0.367. The van der Waals surface area contributed by atoms with Crippen LogP contribution in [0.2, 0.25) is 0 Å². The summed E-state index contributed by atoms with van der Waals surface area (Å²) in [5.41, 5.74) is 8.10. The lowest BCUT2D eigenvalue weighted by Gasteiger charge is -2.11. The summed E-state index contributed by atoms with van der Waals surface area (Å²) >= 11 is 0. The first-order valence-corrected chi connectivity index (χ1v) is 7.14. The Labute approximate surface area is 129 Å². The van der Waals surface area contributed by atoms with Crippen LogP contribution in [0.4, 0.5) is 10.1 Å². The van der Waals surface area contributed by atoms with E-state index >= 15 is 0 Å². The minimum Gasteiger partial charge on any atom is -0.381 e. The molecule has 4 N–H and O–H groups in total. The summed E-state index contributed by atoms with van der Waals surface area (Å²) in [6.45, 7) is 2.87. The van der Waals surface area contributed by atoms with Crippen LogP contribution in [0.25, 0.3) is 0 Å². The summed E-state index contributed by atoms with van der Waals surface area (Å²) in [4.78, 5) is 10.9. The zero-order valence-electron chi connectivity index (χ0n) is 12.5. The van der Waals surface area contributed by atoms with E-state index in [2.05, 4.69) is 10.6 Å². The second kappa shape index (κ2) is 7.56. The molecule has 22 heavy (non-hydrogen) atoms. The van der Waals surface area contributed by atoms with Gasteiger partial charge in [0.15, 0.2) is 0 Å². The standard InChI is InChI=1S/C17H20FN3O/c1-12(17(19)22)20-10-13-5-7-16(8-6-13)21-11-14-3-2-4-15(18)9-14/h2-9,12,20-21H,10-11H2,1H3,(H2,19,22). The van der Waals surface area contributed by atoms with Crippen molar-refractivity contribution in [1.82, 2.24) is 5.32 Å². The molecule has 0 aliphatic rings. The predicted molar refractivity (Wildman–Crippen MR) is 85.7 cm³/mol. The number of carbonyl (C=O) groups excluding carboxylic acids is 1. The van der Waals surface area contributed by atoms with E-state index in [1.807, 2.05) is 30.3 Å². The largest absolute Gasteiger partial charge is 0.381 e. The first kappa shape index (κ1) is 16.0. The lowest BCUT2D eigenvalue weighted by Crippen LogP contribution is -2.38. The highest BCUT2D eigenvalue weighted by Gasteiger charge is 2.06. The molecule has 1 amide bonds. The van der Waals surface area contributed by atoms with E-state index in [4.69, 9.17) is 5.73 Å². The third kappa shape index (κ3) is 4.86. The summed E-state index contributed by atoms with van der Waals surface area (Å²) in [6, 6.07) is 14.0. The fraction of sp³-hybridized carbons (Fsp3) is 0.235. The third-order valence-electron chi connectivity index (χ3n) is 3.38. The zero-order chi connectivity index (χ0) is 15.9. The number of hydrogen-bond acceptors (Lipinski definition) is 3. The van der Waals surface area contributed by atoms with Crippen molar-refractivity contribution in [2.75, 3.05) is 5.32 Å². The lowest BCUT2D eigenvalue weighted by atomic mass is 10.1. The molecule has 2 aromatic rings. The molecular formula is C17H20FN3O. The second-order valence-electron chi connectivity index (χ2n) is 5.19. The summed E-state index contributed by atoms with van der Waals surface area (Å²) in [5, 5.41) is 6.28. The summed E-state index contributed by atoms with van der Waals surface area (Å²) < 4.78 is 13.1. The molecule has 0 fully saturated rings. The van der Waals surface area contributed by atoms with Crippen LogP contribution in [0.1, 0.15) is 18.1 Å². The minimum absolute atomic E-state index is 0.232. The van der Waals surface area contributed by atoms with E-state index in [0.717, 1.165) is 16.8 Å². The first-order valence-electron chi connectivity index (χ1n) is 7.14. The Bertz CT molecular complexity index is 628. The average molecular weight is 301 g/mol. The van der Waals surface area contributed by atoms with Gasteiger partial charge < -0.3 is 16.4 Å². The molecule has 1 atom stereocenters. The van der Waals surface area contributed by atoms with Crippen molar-refractivity contribution < 1.29 is 9.18 Å². The molecule has 0 spiro atoms. The quantitative estimate of drug-likeness (QED) is 0.735. The average Bonchev–Trinajstić information content (AvgIpc) is 2.51. The fourth-order valence-corrected chi connectivity index (χ4v) is 1.96. The molecule has 5 heteroatoms. The van der Waals surface area contributed by atoms with Crippen LogP contribution in [-0.2, 0) is 17.9 Å². The van der Waals surface area contributed by atoms with Crippen LogP contribution in [0.5, 0.6) is 0 Å². The molecule has 0 saturated carbocycles. The summed E-state index contributed by atoms with van der Waals surface area (Å²) in [6.07, 6.45) is 0. The summed E-state index contributed by atoms with van der Waals surface area (Å²) in [7, 11) is 0. The van der Waals surface area contributed by atoms with Gasteiger partial charge in [0.25, 0.3) is 0 Å². The number of nitrogens with one attached hydrogen (secondary N) is 2. The Kier molecular flexibility index (Phi) is 5.49. The van der Waals surface area contributed by atoms with E-state index in [9.17, 15) is 9.18 Å². The van der Waals surface area contributed by atoms with Crippen LogP contribution in [-0.4, -0.2) is 11.9 Å². The van der Waals surface area contributed by atoms with Gasteiger partial charge in [-0.25, -0.2) is 4.39 Å². The van der Waals surface area contributed by atoms with Crippen molar-refractivity contribution in [1.29, 1.82) is 0 Å². The van der Waals surface area contributed by atoms with Crippen molar-refractivity contribution in [3.05, 3.63) is 65.5 Å². The predicted octanol–water partition coefficient (Wildman–Crippen LogP) is 2.40. The SMILES string of the molecule is CC(NCc1ccc(NCc2cccc(F)c2)cc1)C(N)=O. The Morgan fingerprint density at radius 1 is 1.14 bits per heavy atom. The number of hydrogen-bond donors (Lipinski definition) is 3. The number of nitrogens with two attached hydrogens (primary N) is 1. The molecule has 4 nitrogen and oxygen atoms in total. The maximum Gasteiger partial charge on any atom is 0.234 e. The van der Waals surface area contributed by atoms with Crippen molar-refractivity contribution in [3.63, 3.8) is 0 Å².